The zero-order valence-electron chi connectivity index (χ0n) is 12.8. The maximum absolute atomic E-state index is 6.17. The molecule has 1 aromatic rings. The van der Waals surface area contributed by atoms with Crippen molar-refractivity contribution < 1.29 is 9.47 Å². The third-order valence-electron chi connectivity index (χ3n) is 4.54. The molecule has 112 valence electrons. The summed E-state index contributed by atoms with van der Waals surface area (Å²) in [6.07, 6.45) is 0.483. The van der Waals surface area contributed by atoms with Gasteiger partial charge in [0, 0.05) is 22.5 Å². The minimum Gasteiger partial charge on any atom is -0.496 e. The number of halogens is 1. The van der Waals surface area contributed by atoms with E-state index >= 15 is 0 Å². The minimum atomic E-state index is 0.165. The predicted molar refractivity (Wildman–Crippen MR) is 82.5 cm³/mol. The number of rotatable bonds is 4. The van der Waals surface area contributed by atoms with Crippen molar-refractivity contribution in [2.75, 3.05) is 14.2 Å². The summed E-state index contributed by atoms with van der Waals surface area (Å²) in [5.41, 5.74) is 1.10. The number of hydrogen-bond donors (Lipinski definition) is 1. The summed E-state index contributed by atoms with van der Waals surface area (Å²) in [5, 5.41) is 4.15. The molecule has 0 saturated carbocycles. The molecule has 0 spiro atoms. The van der Waals surface area contributed by atoms with Crippen LogP contribution in [0.25, 0.3) is 0 Å². The van der Waals surface area contributed by atoms with Crippen molar-refractivity contribution in [1.82, 2.24) is 5.32 Å². The summed E-state index contributed by atoms with van der Waals surface area (Å²) in [4.78, 5) is 0. The molecule has 0 aliphatic carbocycles. The molecule has 1 fully saturated rings. The SMILES string of the molecule is CNC(c1cc(Cl)ccc1OC)C1C(C)OC(C)C1C. The molecule has 3 nitrogen and oxygen atoms in total. The summed E-state index contributed by atoms with van der Waals surface area (Å²) in [7, 11) is 3.67. The van der Waals surface area contributed by atoms with Crippen molar-refractivity contribution in [3.63, 3.8) is 0 Å². The molecule has 0 aromatic heterocycles. The second kappa shape index (κ2) is 6.33. The van der Waals surface area contributed by atoms with Crippen molar-refractivity contribution in [2.45, 2.75) is 39.0 Å². The van der Waals surface area contributed by atoms with E-state index in [1.807, 2.05) is 25.2 Å². The zero-order valence-corrected chi connectivity index (χ0v) is 13.6. The smallest absolute Gasteiger partial charge is 0.123 e. The van der Waals surface area contributed by atoms with Gasteiger partial charge < -0.3 is 14.8 Å². The second-order valence-corrected chi connectivity index (χ2v) is 6.07. The van der Waals surface area contributed by atoms with Crippen LogP contribution in [-0.2, 0) is 4.74 Å². The van der Waals surface area contributed by atoms with Crippen LogP contribution in [0.3, 0.4) is 0 Å². The van der Waals surface area contributed by atoms with Crippen molar-refractivity contribution in [3.8, 4) is 5.75 Å². The van der Waals surface area contributed by atoms with E-state index in [4.69, 9.17) is 21.1 Å². The zero-order chi connectivity index (χ0) is 14.9. The van der Waals surface area contributed by atoms with Gasteiger partial charge in [-0.25, -0.2) is 0 Å². The fourth-order valence-electron chi connectivity index (χ4n) is 3.37. The topological polar surface area (TPSA) is 30.5 Å². The molecule has 0 bridgehead atoms. The van der Waals surface area contributed by atoms with Gasteiger partial charge in [-0.15, -0.1) is 0 Å². The summed E-state index contributed by atoms with van der Waals surface area (Å²) in [6, 6.07) is 5.94. The Hall–Kier alpha value is -0.770. The molecule has 0 amide bonds. The van der Waals surface area contributed by atoms with Gasteiger partial charge in [0.1, 0.15) is 5.75 Å². The first kappa shape index (κ1) is 15.6. The Morgan fingerprint density at radius 2 is 1.95 bits per heavy atom. The first-order chi connectivity index (χ1) is 9.49. The van der Waals surface area contributed by atoms with Crippen LogP contribution in [0, 0.1) is 11.8 Å². The molecule has 5 atom stereocenters. The van der Waals surface area contributed by atoms with Crippen LogP contribution < -0.4 is 10.1 Å². The molecule has 20 heavy (non-hydrogen) atoms. The quantitative estimate of drug-likeness (QED) is 0.920. The van der Waals surface area contributed by atoms with E-state index in [0.29, 0.717) is 11.8 Å². The lowest BCUT2D eigenvalue weighted by atomic mass is 9.80. The molecular formula is C16H24ClNO2. The fraction of sp³-hybridized carbons (Fsp3) is 0.625. The van der Waals surface area contributed by atoms with Gasteiger partial charge >= 0.3 is 0 Å². The van der Waals surface area contributed by atoms with Crippen molar-refractivity contribution >= 4 is 11.6 Å². The average molecular weight is 298 g/mol. The van der Waals surface area contributed by atoms with E-state index in [1.165, 1.54) is 0 Å². The molecule has 1 aliphatic heterocycles. The minimum absolute atomic E-state index is 0.165. The van der Waals surface area contributed by atoms with E-state index in [9.17, 15) is 0 Å². The summed E-state index contributed by atoms with van der Waals surface area (Å²) < 4.78 is 11.5. The molecular weight excluding hydrogens is 274 g/mol. The highest BCUT2D eigenvalue weighted by Gasteiger charge is 2.42. The van der Waals surface area contributed by atoms with Crippen LogP contribution in [0.5, 0.6) is 5.75 Å². The molecule has 0 radical (unpaired) electrons. The number of nitrogens with one attached hydrogen (secondary N) is 1. The lowest BCUT2D eigenvalue weighted by Gasteiger charge is -2.30. The highest BCUT2D eigenvalue weighted by molar-refractivity contribution is 6.30. The molecule has 1 aliphatic rings. The lowest BCUT2D eigenvalue weighted by Crippen LogP contribution is -2.33. The van der Waals surface area contributed by atoms with Crippen LogP contribution in [-0.4, -0.2) is 26.4 Å². The normalized spacial score (nSPS) is 31.3. The lowest BCUT2D eigenvalue weighted by molar-refractivity contribution is 0.0477. The van der Waals surface area contributed by atoms with Gasteiger partial charge in [0.05, 0.1) is 19.3 Å². The van der Waals surface area contributed by atoms with E-state index < -0.39 is 0 Å². The molecule has 5 unspecified atom stereocenters. The summed E-state index contributed by atoms with van der Waals surface area (Å²) in [5.74, 6) is 1.74. The maximum Gasteiger partial charge on any atom is 0.123 e. The van der Waals surface area contributed by atoms with Crippen LogP contribution in [0.2, 0.25) is 5.02 Å². The molecule has 1 N–H and O–H groups in total. The van der Waals surface area contributed by atoms with Crippen molar-refractivity contribution in [1.29, 1.82) is 0 Å². The first-order valence-electron chi connectivity index (χ1n) is 7.15. The number of methoxy groups -OCH3 is 1. The van der Waals surface area contributed by atoms with Gasteiger partial charge in [-0.2, -0.15) is 0 Å². The molecule has 1 saturated heterocycles. The van der Waals surface area contributed by atoms with E-state index in [1.54, 1.807) is 7.11 Å². The Bertz CT molecular complexity index is 466. The third-order valence-corrected chi connectivity index (χ3v) is 4.78. The standard InChI is InChI=1S/C16H24ClNO2/c1-9-10(2)20-11(3)15(9)16(18-4)13-8-12(17)6-7-14(13)19-5/h6-11,15-16,18H,1-5H3. The monoisotopic (exact) mass is 297 g/mol. The molecule has 1 aromatic carbocycles. The molecule has 1 heterocycles. The Kier molecular flexibility index (Phi) is 4.95. The summed E-state index contributed by atoms with van der Waals surface area (Å²) in [6.45, 7) is 6.54. The Morgan fingerprint density at radius 1 is 1.25 bits per heavy atom. The third kappa shape index (κ3) is 2.80. The highest BCUT2D eigenvalue weighted by atomic mass is 35.5. The highest BCUT2D eigenvalue weighted by Crippen LogP contribution is 2.43. The van der Waals surface area contributed by atoms with Crippen LogP contribution in [0.1, 0.15) is 32.4 Å². The van der Waals surface area contributed by atoms with E-state index in [-0.39, 0.29) is 18.2 Å². The fourth-order valence-corrected chi connectivity index (χ4v) is 3.55. The van der Waals surface area contributed by atoms with Crippen LogP contribution in [0.4, 0.5) is 0 Å². The van der Waals surface area contributed by atoms with Crippen LogP contribution in [0.15, 0.2) is 18.2 Å². The predicted octanol–water partition coefficient (Wildman–Crippen LogP) is 3.67. The second-order valence-electron chi connectivity index (χ2n) is 5.64. The number of benzene rings is 1. The Labute approximate surface area is 126 Å². The number of ether oxygens (including phenoxy) is 2. The van der Waals surface area contributed by atoms with Crippen molar-refractivity contribution in [2.24, 2.45) is 11.8 Å². The molecule has 2 rings (SSSR count). The van der Waals surface area contributed by atoms with Gasteiger partial charge in [-0.1, -0.05) is 18.5 Å². The van der Waals surface area contributed by atoms with Crippen molar-refractivity contribution in [3.05, 3.63) is 28.8 Å². The van der Waals surface area contributed by atoms with E-state index in [0.717, 1.165) is 16.3 Å². The van der Waals surface area contributed by atoms with Gasteiger partial charge in [0.2, 0.25) is 0 Å². The van der Waals surface area contributed by atoms with Gasteiger partial charge in [-0.05, 0) is 45.0 Å². The van der Waals surface area contributed by atoms with E-state index in [2.05, 4.69) is 26.1 Å². The van der Waals surface area contributed by atoms with Gasteiger partial charge in [0.25, 0.3) is 0 Å². The Morgan fingerprint density at radius 3 is 2.45 bits per heavy atom. The number of hydrogen-bond acceptors (Lipinski definition) is 3. The first-order valence-corrected chi connectivity index (χ1v) is 7.53. The Balaban J connectivity index is 2.40. The maximum atomic E-state index is 6.17. The van der Waals surface area contributed by atoms with Crippen LogP contribution >= 0.6 is 11.6 Å². The molecule has 4 heteroatoms. The van der Waals surface area contributed by atoms with Gasteiger partial charge in [0.15, 0.2) is 0 Å². The van der Waals surface area contributed by atoms with Gasteiger partial charge in [-0.3, -0.25) is 0 Å². The average Bonchev–Trinajstić information content (AvgIpc) is 2.67. The summed E-state index contributed by atoms with van der Waals surface area (Å²) >= 11 is 6.17. The largest absolute Gasteiger partial charge is 0.496 e.